The topological polar surface area (TPSA) is 111 Å². The fourth-order valence-electron chi connectivity index (χ4n) is 4.35. The van der Waals surface area contributed by atoms with Crippen molar-refractivity contribution in [2.75, 3.05) is 22.5 Å². The molecule has 214 valence electrons. The molecule has 0 unspecified atom stereocenters. The van der Waals surface area contributed by atoms with Gasteiger partial charge < -0.3 is 15.3 Å². The van der Waals surface area contributed by atoms with Gasteiger partial charge in [0.05, 0.1) is 21.3 Å². The Balaban J connectivity index is 1.47. The number of aryl methyl sites for hydroxylation is 1. The summed E-state index contributed by atoms with van der Waals surface area (Å²) >= 11 is 13.6. The van der Waals surface area contributed by atoms with Crippen molar-refractivity contribution in [2.45, 2.75) is 43.9 Å². The number of anilines is 2. The van der Waals surface area contributed by atoms with Crippen LogP contribution >= 0.6 is 35.0 Å². The van der Waals surface area contributed by atoms with Crippen LogP contribution < -0.4 is 15.6 Å². The molecule has 3 N–H and O–H groups in total. The van der Waals surface area contributed by atoms with Crippen molar-refractivity contribution < 1.29 is 19.5 Å². The minimum absolute atomic E-state index is 0.173. The average molecular weight is 614 g/mol. The number of fused-ring (bicyclic) bond motifs is 1. The summed E-state index contributed by atoms with van der Waals surface area (Å²) in [4.78, 5) is 39.7. The Labute approximate surface area is 253 Å². The van der Waals surface area contributed by atoms with Crippen LogP contribution in [0.3, 0.4) is 0 Å². The Kier molecular flexibility index (Phi) is 10.7. The van der Waals surface area contributed by atoms with Crippen LogP contribution in [0.15, 0.2) is 70.7 Å². The van der Waals surface area contributed by atoms with Crippen molar-refractivity contribution in [3.63, 3.8) is 0 Å². The van der Waals surface area contributed by atoms with Crippen molar-refractivity contribution in [3.05, 3.63) is 87.4 Å². The van der Waals surface area contributed by atoms with Crippen LogP contribution in [0.4, 0.5) is 16.2 Å². The number of amides is 3. The number of benzene rings is 3. The van der Waals surface area contributed by atoms with E-state index in [0.29, 0.717) is 27.8 Å². The molecular formula is C30H30Cl2N4O4S. The van der Waals surface area contributed by atoms with Gasteiger partial charge in [-0.05, 0) is 66.9 Å². The van der Waals surface area contributed by atoms with Crippen LogP contribution in [0.25, 0.3) is 0 Å². The van der Waals surface area contributed by atoms with E-state index < -0.39 is 12.0 Å². The van der Waals surface area contributed by atoms with Crippen LogP contribution in [0.1, 0.15) is 54.1 Å². The number of aromatic carboxylic acids is 1. The van der Waals surface area contributed by atoms with E-state index in [0.717, 1.165) is 54.0 Å². The first-order valence-corrected chi connectivity index (χ1v) is 15.0. The van der Waals surface area contributed by atoms with Crippen molar-refractivity contribution in [1.29, 1.82) is 0 Å². The Morgan fingerprint density at radius 3 is 2.46 bits per heavy atom. The maximum atomic E-state index is 13.4. The van der Waals surface area contributed by atoms with Gasteiger partial charge in [0.1, 0.15) is 0 Å². The van der Waals surface area contributed by atoms with Crippen LogP contribution in [0, 0.1) is 0 Å². The molecule has 11 heteroatoms. The second kappa shape index (κ2) is 14.4. The van der Waals surface area contributed by atoms with E-state index in [1.165, 1.54) is 6.07 Å². The summed E-state index contributed by atoms with van der Waals surface area (Å²) < 4.78 is 0. The number of carboxylic acids is 1. The lowest BCUT2D eigenvalue weighted by atomic mass is 10.1. The van der Waals surface area contributed by atoms with Gasteiger partial charge >= 0.3 is 12.0 Å². The standard InChI is InChI=1S/C30H30Cl2N4O4S/c1-2-3-4-5-15-36-26-13-11-22(41-16-14-19-6-8-20(9-7-19)29(38)39)18-23(26)27(28(36)37)34-35-30(40)33-21-10-12-24(31)25(32)17-21/h6-13,17-18H,2-5,14-16H2,1H3,(H,38,39)(H2,33,35,40)/b34-27-. The van der Waals surface area contributed by atoms with Crippen molar-refractivity contribution in [1.82, 2.24) is 5.43 Å². The monoisotopic (exact) mass is 612 g/mol. The largest absolute Gasteiger partial charge is 0.478 e. The van der Waals surface area contributed by atoms with Crippen molar-refractivity contribution in [3.8, 4) is 0 Å². The lowest BCUT2D eigenvalue weighted by Crippen LogP contribution is -2.33. The molecule has 0 aromatic heterocycles. The van der Waals surface area contributed by atoms with E-state index in [1.807, 2.05) is 30.3 Å². The molecule has 41 heavy (non-hydrogen) atoms. The normalized spacial score (nSPS) is 13.4. The van der Waals surface area contributed by atoms with E-state index in [-0.39, 0.29) is 17.2 Å². The number of nitrogens with one attached hydrogen (secondary N) is 2. The second-order valence-corrected chi connectivity index (χ2v) is 11.4. The summed E-state index contributed by atoms with van der Waals surface area (Å²) in [5.74, 6) is -0.444. The first-order valence-electron chi connectivity index (χ1n) is 13.3. The molecule has 0 radical (unpaired) electrons. The van der Waals surface area contributed by atoms with Gasteiger partial charge in [-0.2, -0.15) is 5.10 Å². The maximum absolute atomic E-state index is 13.4. The molecule has 4 rings (SSSR count). The Morgan fingerprint density at radius 1 is 0.976 bits per heavy atom. The maximum Gasteiger partial charge on any atom is 0.339 e. The molecule has 1 heterocycles. The number of thioether (sulfide) groups is 1. The molecule has 0 fully saturated rings. The van der Waals surface area contributed by atoms with Gasteiger partial charge in [-0.3, -0.25) is 4.79 Å². The van der Waals surface area contributed by atoms with Gasteiger partial charge in [0.2, 0.25) is 0 Å². The van der Waals surface area contributed by atoms with E-state index in [4.69, 9.17) is 28.3 Å². The molecule has 3 amide bonds. The molecule has 0 aliphatic carbocycles. The molecule has 1 aliphatic heterocycles. The van der Waals surface area contributed by atoms with Gasteiger partial charge in [0.25, 0.3) is 5.91 Å². The van der Waals surface area contributed by atoms with Crippen LogP contribution in [0.2, 0.25) is 10.0 Å². The highest BCUT2D eigenvalue weighted by Crippen LogP contribution is 2.34. The fraction of sp³-hybridized carbons (Fsp3) is 0.267. The number of carboxylic acid groups (broad SMARTS) is 1. The van der Waals surface area contributed by atoms with E-state index in [2.05, 4.69) is 22.8 Å². The van der Waals surface area contributed by atoms with E-state index in [1.54, 1.807) is 40.9 Å². The number of hydrogen-bond donors (Lipinski definition) is 3. The van der Waals surface area contributed by atoms with Crippen molar-refractivity contribution in [2.24, 2.45) is 5.10 Å². The van der Waals surface area contributed by atoms with Gasteiger partial charge in [-0.25, -0.2) is 15.0 Å². The first-order chi connectivity index (χ1) is 19.8. The number of unbranched alkanes of at least 4 members (excludes halogenated alkanes) is 3. The number of rotatable bonds is 12. The first kappa shape index (κ1) is 30.4. The molecule has 0 saturated carbocycles. The lowest BCUT2D eigenvalue weighted by molar-refractivity contribution is -0.112. The fourth-order valence-corrected chi connectivity index (χ4v) is 5.59. The summed E-state index contributed by atoms with van der Waals surface area (Å²) in [7, 11) is 0. The number of hydrogen-bond acceptors (Lipinski definition) is 5. The van der Waals surface area contributed by atoms with Gasteiger partial charge in [0.15, 0.2) is 5.71 Å². The predicted octanol–water partition coefficient (Wildman–Crippen LogP) is 7.48. The van der Waals surface area contributed by atoms with Crippen LogP contribution in [-0.4, -0.2) is 41.0 Å². The quantitative estimate of drug-likeness (QED) is 0.111. The van der Waals surface area contributed by atoms with Crippen LogP contribution in [-0.2, 0) is 11.2 Å². The molecular weight excluding hydrogens is 583 g/mol. The second-order valence-electron chi connectivity index (χ2n) is 9.45. The number of carbonyl (C=O) groups is 3. The summed E-state index contributed by atoms with van der Waals surface area (Å²) in [6.45, 7) is 2.71. The molecule has 3 aromatic rings. The zero-order valence-electron chi connectivity index (χ0n) is 22.5. The Hall–Kier alpha value is -3.53. The molecule has 0 bridgehead atoms. The number of carbonyl (C=O) groups excluding carboxylic acids is 2. The molecule has 0 atom stereocenters. The third-order valence-electron chi connectivity index (χ3n) is 6.50. The van der Waals surface area contributed by atoms with Crippen molar-refractivity contribution >= 4 is 70.0 Å². The highest BCUT2D eigenvalue weighted by Gasteiger charge is 2.34. The summed E-state index contributed by atoms with van der Waals surface area (Å²) in [6, 6.07) is 16.8. The number of nitrogens with zero attached hydrogens (tertiary/aromatic N) is 2. The Bertz CT molecular complexity index is 1460. The minimum Gasteiger partial charge on any atom is -0.478 e. The van der Waals surface area contributed by atoms with Crippen LogP contribution in [0.5, 0.6) is 0 Å². The Morgan fingerprint density at radius 2 is 1.76 bits per heavy atom. The lowest BCUT2D eigenvalue weighted by Gasteiger charge is -2.17. The smallest absolute Gasteiger partial charge is 0.339 e. The molecule has 0 spiro atoms. The van der Waals surface area contributed by atoms with Gasteiger partial charge in [0, 0.05) is 28.4 Å². The highest BCUT2D eigenvalue weighted by molar-refractivity contribution is 7.99. The summed E-state index contributed by atoms with van der Waals surface area (Å²) in [6.07, 6.45) is 4.84. The minimum atomic E-state index is -0.947. The third kappa shape index (κ3) is 8.03. The van der Waals surface area contributed by atoms with Gasteiger partial charge in [-0.15, -0.1) is 11.8 Å². The van der Waals surface area contributed by atoms with Gasteiger partial charge in [-0.1, -0.05) is 61.5 Å². The zero-order chi connectivity index (χ0) is 29.4. The zero-order valence-corrected chi connectivity index (χ0v) is 24.8. The average Bonchev–Trinajstić information content (AvgIpc) is 3.21. The molecule has 3 aromatic carbocycles. The SMILES string of the molecule is CCCCCCN1C(=O)/C(=N\NC(=O)Nc2ccc(Cl)c(Cl)c2)c2cc(SCCc3ccc(C(=O)O)cc3)ccc21. The number of halogens is 2. The third-order valence-corrected chi connectivity index (χ3v) is 8.24. The summed E-state index contributed by atoms with van der Waals surface area (Å²) in [5.41, 5.74) is 5.77. The van der Waals surface area contributed by atoms with E-state index >= 15 is 0 Å². The number of hydrazone groups is 1. The molecule has 8 nitrogen and oxygen atoms in total. The molecule has 1 aliphatic rings. The highest BCUT2D eigenvalue weighted by atomic mass is 35.5. The summed E-state index contributed by atoms with van der Waals surface area (Å²) in [5, 5.41) is 16.6. The molecule has 0 saturated heterocycles. The predicted molar refractivity (Wildman–Crippen MR) is 166 cm³/mol. The number of urea groups is 1. The van der Waals surface area contributed by atoms with E-state index in [9.17, 15) is 14.4 Å².